The van der Waals surface area contributed by atoms with Gasteiger partial charge in [-0.25, -0.2) is 0 Å². The van der Waals surface area contributed by atoms with E-state index >= 15 is 0 Å². The van der Waals surface area contributed by atoms with Crippen LogP contribution in [0, 0.1) is 0 Å². The maximum absolute atomic E-state index is 12.7. The average Bonchev–Trinajstić information content (AvgIpc) is 2.79. The Bertz CT molecular complexity index is 483. The summed E-state index contributed by atoms with van der Waals surface area (Å²) >= 11 is 0. The van der Waals surface area contributed by atoms with Gasteiger partial charge >= 0.3 is 6.18 Å². The fourth-order valence-electron chi connectivity index (χ4n) is 2.22. The van der Waals surface area contributed by atoms with Gasteiger partial charge in [0.25, 0.3) is 0 Å². The summed E-state index contributed by atoms with van der Waals surface area (Å²) in [5.41, 5.74) is 0. The molecule has 106 valence electrons. The summed E-state index contributed by atoms with van der Waals surface area (Å²) in [6.07, 6.45) is -4.07. The molecule has 1 aromatic rings. The highest BCUT2D eigenvalue weighted by atomic mass is 19.4. The van der Waals surface area contributed by atoms with Crippen molar-refractivity contribution in [3.05, 3.63) is 11.6 Å². The van der Waals surface area contributed by atoms with E-state index in [4.69, 9.17) is 0 Å². The van der Waals surface area contributed by atoms with E-state index in [2.05, 4.69) is 10.2 Å². The number of nitrogens with zero attached hydrogens (tertiary/aromatic N) is 4. The van der Waals surface area contributed by atoms with Crippen molar-refractivity contribution in [1.29, 1.82) is 0 Å². The van der Waals surface area contributed by atoms with Crippen molar-refractivity contribution in [2.45, 2.75) is 45.6 Å². The number of ketones is 1. The number of hydrogen-bond donors (Lipinski definition) is 0. The lowest BCUT2D eigenvalue weighted by Gasteiger charge is -2.31. The summed E-state index contributed by atoms with van der Waals surface area (Å²) in [7, 11) is 0. The van der Waals surface area contributed by atoms with Crippen LogP contribution >= 0.6 is 0 Å². The Balaban J connectivity index is 2.18. The Kier molecular flexibility index (Phi) is 3.62. The van der Waals surface area contributed by atoms with Crippen LogP contribution in [0.1, 0.15) is 31.9 Å². The molecule has 2 heterocycles. The van der Waals surface area contributed by atoms with Gasteiger partial charge in [0.05, 0.1) is 12.6 Å². The minimum atomic E-state index is -4.49. The quantitative estimate of drug-likeness (QED) is 0.839. The Morgan fingerprint density at radius 3 is 2.63 bits per heavy atom. The Morgan fingerprint density at radius 2 is 2.05 bits per heavy atom. The van der Waals surface area contributed by atoms with Crippen LogP contribution in [0.15, 0.2) is 0 Å². The number of alkyl halides is 3. The third-order valence-electron chi connectivity index (χ3n) is 3.40. The molecule has 1 unspecified atom stereocenters. The molecule has 8 heteroatoms. The van der Waals surface area contributed by atoms with Gasteiger partial charge in [0.2, 0.25) is 5.82 Å². The lowest BCUT2D eigenvalue weighted by molar-refractivity contribution is -0.148. The molecule has 0 bridgehead atoms. The molecule has 0 N–H and O–H groups in total. The predicted molar refractivity (Wildman–Crippen MR) is 60.2 cm³/mol. The summed E-state index contributed by atoms with van der Waals surface area (Å²) in [5.74, 6) is -0.630. The lowest BCUT2D eigenvalue weighted by atomic mass is 10.1. The first kappa shape index (κ1) is 14.0. The fourth-order valence-corrected chi connectivity index (χ4v) is 2.22. The number of carbonyl (C=O) groups is 1. The smallest absolute Gasteiger partial charge is 0.305 e. The molecule has 19 heavy (non-hydrogen) atoms. The van der Waals surface area contributed by atoms with E-state index in [-0.39, 0.29) is 30.7 Å². The van der Waals surface area contributed by atoms with E-state index < -0.39 is 12.0 Å². The minimum Gasteiger partial charge on any atom is -0.305 e. The van der Waals surface area contributed by atoms with E-state index in [0.29, 0.717) is 13.0 Å². The molecule has 0 aliphatic carbocycles. The molecule has 0 aromatic carbocycles. The first-order chi connectivity index (χ1) is 8.84. The van der Waals surface area contributed by atoms with Gasteiger partial charge in [-0.1, -0.05) is 6.92 Å². The number of Topliss-reactive ketones (excluding diaryl/α,β-unsaturated/α-hetero) is 1. The number of fused-ring (bicyclic) bond motifs is 1. The minimum absolute atomic E-state index is 0.0732. The topological polar surface area (TPSA) is 51.0 Å². The first-order valence-electron chi connectivity index (χ1n) is 6.10. The summed E-state index contributed by atoms with van der Waals surface area (Å²) in [6.45, 7) is 4.30. The molecule has 0 fully saturated rings. The first-order valence-corrected chi connectivity index (χ1v) is 6.10. The molecule has 0 amide bonds. The highest BCUT2D eigenvalue weighted by Gasteiger charge is 2.40. The van der Waals surface area contributed by atoms with Crippen molar-refractivity contribution < 1.29 is 18.0 Å². The van der Waals surface area contributed by atoms with Crippen LogP contribution in [-0.2, 0) is 24.1 Å². The van der Waals surface area contributed by atoms with Crippen LogP contribution in [0.5, 0.6) is 0 Å². The van der Waals surface area contributed by atoms with Gasteiger partial charge in [-0.15, -0.1) is 10.2 Å². The van der Waals surface area contributed by atoms with E-state index in [1.54, 1.807) is 13.8 Å². The van der Waals surface area contributed by atoms with Crippen molar-refractivity contribution in [1.82, 2.24) is 19.7 Å². The molecule has 1 aliphatic heterocycles. The third-order valence-corrected chi connectivity index (χ3v) is 3.40. The maximum atomic E-state index is 12.7. The standard InChI is InChI=1S/C11H15F3N4O/c1-3-8(19)7(2)17-4-5-18-9(6-17)15-16-10(18)11(12,13)14/h7H,3-6H2,1-2H3. The van der Waals surface area contributed by atoms with Gasteiger partial charge in [-0.05, 0) is 6.92 Å². The van der Waals surface area contributed by atoms with Crippen LogP contribution < -0.4 is 0 Å². The number of carbonyl (C=O) groups excluding carboxylic acids is 1. The summed E-state index contributed by atoms with van der Waals surface area (Å²) in [4.78, 5) is 13.5. The number of rotatable bonds is 3. The Morgan fingerprint density at radius 1 is 1.37 bits per heavy atom. The van der Waals surface area contributed by atoms with Crippen LogP contribution in [0.2, 0.25) is 0 Å². The zero-order valence-electron chi connectivity index (χ0n) is 10.7. The highest BCUT2D eigenvalue weighted by Crippen LogP contribution is 2.29. The zero-order valence-corrected chi connectivity index (χ0v) is 10.7. The zero-order chi connectivity index (χ0) is 14.2. The second-order valence-corrected chi connectivity index (χ2v) is 4.56. The largest absolute Gasteiger partial charge is 0.451 e. The van der Waals surface area contributed by atoms with Gasteiger partial charge in [-0.2, -0.15) is 13.2 Å². The number of hydrogen-bond acceptors (Lipinski definition) is 4. The molecule has 0 saturated carbocycles. The van der Waals surface area contributed by atoms with E-state index in [1.165, 1.54) is 0 Å². The van der Waals surface area contributed by atoms with Crippen LogP contribution in [-0.4, -0.2) is 38.0 Å². The molecule has 1 aromatic heterocycles. The molecule has 5 nitrogen and oxygen atoms in total. The summed E-state index contributed by atoms with van der Waals surface area (Å²) in [6, 6.07) is -0.301. The summed E-state index contributed by atoms with van der Waals surface area (Å²) in [5, 5.41) is 6.79. The molecule has 0 spiro atoms. The summed E-state index contributed by atoms with van der Waals surface area (Å²) < 4.78 is 39.1. The molecule has 2 rings (SSSR count). The molecule has 0 radical (unpaired) electrons. The van der Waals surface area contributed by atoms with Crippen LogP contribution in [0.25, 0.3) is 0 Å². The molecular weight excluding hydrogens is 261 g/mol. The Hall–Kier alpha value is -1.44. The van der Waals surface area contributed by atoms with Gasteiger partial charge in [-0.3, -0.25) is 9.69 Å². The normalized spacial score (nSPS) is 18.2. The van der Waals surface area contributed by atoms with Gasteiger partial charge in [0, 0.05) is 19.5 Å². The van der Waals surface area contributed by atoms with Crippen molar-refractivity contribution >= 4 is 5.78 Å². The van der Waals surface area contributed by atoms with E-state index in [9.17, 15) is 18.0 Å². The average molecular weight is 276 g/mol. The van der Waals surface area contributed by atoms with E-state index in [0.717, 1.165) is 4.57 Å². The maximum Gasteiger partial charge on any atom is 0.451 e. The second kappa shape index (κ2) is 4.92. The van der Waals surface area contributed by atoms with Gasteiger partial charge < -0.3 is 4.57 Å². The fraction of sp³-hybridized carbons (Fsp3) is 0.727. The molecule has 1 atom stereocenters. The molecule has 1 aliphatic rings. The lowest BCUT2D eigenvalue weighted by Crippen LogP contribution is -2.44. The molecule has 0 saturated heterocycles. The Labute approximate surface area is 108 Å². The van der Waals surface area contributed by atoms with Crippen molar-refractivity contribution in [2.24, 2.45) is 0 Å². The van der Waals surface area contributed by atoms with Crippen LogP contribution in [0.3, 0.4) is 0 Å². The van der Waals surface area contributed by atoms with Crippen molar-refractivity contribution in [3.63, 3.8) is 0 Å². The van der Waals surface area contributed by atoms with Crippen molar-refractivity contribution in [3.8, 4) is 0 Å². The van der Waals surface area contributed by atoms with Crippen LogP contribution in [0.4, 0.5) is 13.2 Å². The second-order valence-electron chi connectivity index (χ2n) is 4.56. The number of aromatic nitrogens is 3. The van der Waals surface area contributed by atoms with Gasteiger partial charge in [0.15, 0.2) is 0 Å². The van der Waals surface area contributed by atoms with E-state index in [1.807, 2.05) is 4.90 Å². The third kappa shape index (κ3) is 2.63. The monoisotopic (exact) mass is 276 g/mol. The van der Waals surface area contributed by atoms with Gasteiger partial charge in [0.1, 0.15) is 11.6 Å². The van der Waals surface area contributed by atoms with Crippen molar-refractivity contribution in [2.75, 3.05) is 6.54 Å². The predicted octanol–water partition coefficient (Wildman–Crippen LogP) is 1.48. The molecular formula is C11H15F3N4O. The SMILES string of the molecule is CCC(=O)C(C)N1CCn2c(nnc2C(F)(F)F)C1. The number of halogens is 3. The highest BCUT2D eigenvalue weighted by molar-refractivity contribution is 5.83.